The zero-order valence-corrected chi connectivity index (χ0v) is 12.6. The first-order valence-corrected chi connectivity index (χ1v) is 8.04. The molecule has 3 aliphatic heterocycles. The van der Waals surface area contributed by atoms with Crippen molar-refractivity contribution in [3.05, 3.63) is 0 Å². The number of hydrogen-bond acceptors (Lipinski definition) is 4. The Morgan fingerprint density at radius 1 is 1.16 bits per heavy atom. The van der Waals surface area contributed by atoms with Crippen molar-refractivity contribution in [3.63, 3.8) is 0 Å². The van der Waals surface area contributed by atoms with Crippen molar-refractivity contribution in [3.8, 4) is 0 Å². The van der Waals surface area contributed by atoms with E-state index in [2.05, 4.69) is 28.7 Å². The molecule has 2 N–H and O–H groups in total. The maximum atomic E-state index is 6.24. The van der Waals surface area contributed by atoms with Crippen LogP contribution in [0, 0.1) is 0 Å². The van der Waals surface area contributed by atoms with Crippen LogP contribution in [0.25, 0.3) is 0 Å². The standard InChI is InChI=1S/C15H30N4/c1-13-10-18-7-3-4-14(18)11-19(13)15(12-16)5-8-17(2)9-6-15/h13-14H,3-12,16H2,1-2H3. The predicted molar refractivity (Wildman–Crippen MR) is 79.3 cm³/mol. The van der Waals surface area contributed by atoms with Crippen LogP contribution >= 0.6 is 0 Å². The number of fused-ring (bicyclic) bond motifs is 1. The van der Waals surface area contributed by atoms with Gasteiger partial charge in [0.25, 0.3) is 0 Å². The summed E-state index contributed by atoms with van der Waals surface area (Å²) in [6.45, 7) is 9.47. The molecule has 0 aliphatic carbocycles. The molecule has 0 saturated carbocycles. The quantitative estimate of drug-likeness (QED) is 0.793. The van der Waals surface area contributed by atoms with E-state index in [0.29, 0.717) is 6.04 Å². The van der Waals surface area contributed by atoms with Gasteiger partial charge in [0.15, 0.2) is 0 Å². The van der Waals surface area contributed by atoms with Gasteiger partial charge < -0.3 is 10.6 Å². The van der Waals surface area contributed by atoms with Crippen LogP contribution in [0.5, 0.6) is 0 Å². The van der Waals surface area contributed by atoms with Crippen molar-refractivity contribution in [2.75, 3.05) is 46.3 Å². The molecule has 4 nitrogen and oxygen atoms in total. The molecule has 0 aromatic carbocycles. The summed E-state index contributed by atoms with van der Waals surface area (Å²) in [5.41, 5.74) is 6.52. The van der Waals surface area contributed by atoms with Crippen molar-refractivity contribution in [1.29, 1.82) is 0 Å². The van der Waals surface area contributed by atoms with E-state index in [0.717, 1.165) is 12.6 Å². The number of rotatable bonds is 2. The van der Waals surface area contributed by atoms with Crippen LogP contribution in [-0.2, 0) is 0 Å². The van der Waals surface area contributed by atoms with E-state index in [1.54, 1.807) is 0 Å². The zero-order chi connectivity index (χ0) is 13.5. The summed E-state index contributed by atoms with van der Waals surface area (Å²) in [5.74, 6) is 0. The zero-order valence-electron chi connectivity index (χ0n) is 12.6. The van der Waals surface area contributed by atoms with Gasteiger partial charge in [0, 0.05) is 37.3 Å². The minimum absolute atomic E-state index is 0.278. The second-order valence-corrected chi connectivity index (χ2v) is 7.02. The van der Waals surface area contributed by atoms with Gasteiger partial charge in [-0.05, 0) is 59.3 Å². The Morgan fingerprint density at radius 3 is 2.58 bits per heavy atom. The summed E-state index contributed by atoms with van der Waals surface area (Å²) in [4.78, 5) is 7.94. The Labute approximate surface area is 117 Å². The Morgan fingerprint density at radius 2 is 1.89 bits per heavy atom. The van der Waals surface area contributed by atoms with E-state index < -0.39 is 0 Å². The Balaban J connectivity index is 1.75. The van der Waals surface area contributed by atoms with Crippen molar-refractivity contribution in [2.45, 2.75) is 50.2 Å². The molecule has 0 aromatic rings. The van der Waals surface area contributed by atoms with Gasteiger partial charge in [-0.15, -0.1) is 0 Å². The SMILES string of the molecule is CC1CN2CCCC2CN1C1(CN)CCN(C)CC1. The summed E-state index contributed by atoms with van der Waals surface area (Å²) in [6.07, 6.45) is 5.28. The lowest BCUT2D eigenvalue weighted by Gasteiger charge is -2.54. The number of nitrogens with zero attached hydrogens (tertiary/aromatic N) is 3. The Bertz CT molecular complexity index is 311. The molecule has 3 saturated heterocycles. The monoisotopic (exact) mass is 266 g/mol. The average molecular weight is 266 g/mol. The molecule has 0 bridgehead atoms. The summed E-state index contributed by atoms with van der Waals surface area (Å²) in [7, 11) is 2.23. The largest absolute Gasteiger partial charge is 0.329 e. The highest BCUT2D eigenvalue weighted by Crippen LogP contribution is 2.34. The van der Waals surface area contributed by atoms with E-state index in [1.807, 2.05) is 0 Å². The van der Waals surface area contributed by atoms with Crippen LogP contribution in [-0.4, -0.2) is 78.6 Å². The fourth-order valence-electron chi connectivity index (χ4n) is 4.49. The van der Waals surface area contributed by atoms with Gasteiger partial charge in [-0.25, -0.2) is 0 Å². The van der Waals surface area contributed by atoms with Crippen molar-refractivity contribution in [1.82, 2.24) is 14.7 Å². The minimum Gasteiger partial charge on any atom is -0.329 e. The van der Waals surface area contributed by atoms with Crippen LogP contribution in [0.2, 0.25) is 0 Å². The van der Waals surface area contributed by atoms with Crippen LogP contribution in [0.1, 0.15) is 32.6 Å². The summed E-state index contributed by atoms with van der Waals surface area (Å²) >= 11 is 0. The number of piperazine rings is 1. The van der Waals surface area contributed by atoms with Gasteiger partial charge in [0.1, 0.15) is 0 Å². The first-order valence-electron chi connectivity index (χ1n) is 8.04. The second-order valence-electron chi connectivity index (χ2n) is 7.02. The van der Waals surface area contributed by atoms with Crippen LogP contribution in [0.15, 0.2) is 0 Å². The first kappa shape index (κ1) is 13.8. The molecule has 4 heteroatoms. The fraction of sp³-hybridized carbons (Fsp3) is 1.00. The molecule has 2 unspecified atom stereocenters. The molecule has 110 valence electrons. The van der Waals surface area contributed by atoms with Crippen molar-refractivity contribution >= 4 is 0 Å². The Hall–Kier alpha value is -0.160. The molecular weight excluding hydrogens is 236 g/mol. The highest BCUT2D eigenvalue weighted by atomic mass is 15.4. The Kier molecular flexibility index (Phi) is 3.87. The van der Waals surface area contributed by atoms with Crippen LogP contribution in [0.4, 0.5) is 0 Å². The number of nitrogens with two attached hydrogens (primary N) is 1. The third kappa shape index (κ3) is 2.44. The molecule has 3 fully saturated rings. The lowest BCUT2D eigenvalue weighted by atomic mass is 9.83. The lowest BCUT2D eigenvalue weighted by Crippen LogP contribution is -2.67. The molecule has 0 amide bonds. The fourth-order valence-corrected chi connectivity index (χ4v) is 4.49. The predicted octanol–water partition coefficient (Wildman–Crippen LogP) is 0.578. The highest BCUT2D eigenvalue weighted by molar-refractivity contribution is 5.02. The molecular formula is C15H30N4. The molecule has 0 spiro atoms. The van der Waals surface area contributed by atoms with E-state index in [9.17, 15) is 0 Å². The molecule has 0 aromatic heterocycles. The number of piperidine rings is 1. The normalized spacial score (nSPS) is 37.4. The van der Waals surface area contributed by atoms with Gasteiger partial charge in [0.05, 0.1) is 0 Å². The van der Waals surface area contributed by atoms with Gasteiger partial charge in [-0.2, -0.15) is 0 Å². The summed E-state index contributed by atoms with van der Waals surface area (Å²) in [6, 6.07) is 1.47. The number of likely N-dealkylation sites (tertiary alicyclic amines) is 1. The van der Waals surface area contributed by atoms with Crippen molar-refractivity contribution < 1.29 is 0 Å². The third-order valence-electron chi connectivity index (χ3n) is 5.84. The van der Waals surface area contributed by atoms with Gasteiger partial charge in [0.2, 0.25) is 0 Å². The molecule has 0 radical (unpaired) electrons. The highest BCUT2D eigenvalue weighted by Gasteiger charge is 2.45. The minimum atomic E-state index is 0.278. The molecule has 19 heavy (non-hydrogen) atoms. The summed E-state index contributed by atoms with van der Waals surface area (Å²) < 4.78 is 0. The molecule has 3 rings (SSSR count). The topological polar surface area (TPSA) is 35.7 Å². The first-order chi connectivity index (χ1) is 9.14. The second kappa shape index (κ2) is 5.32. The van der Waals surface area contributed by atoms with Gasteiger partial charge >= 0.3 is 0 Å². The van der Waals surface area contributed by atoms with Crippen LogP contribution < -0.4 is 5.73 Å². The molecule has 3 aliphatic rings. The average Bonchev–Trinajstić information content (AvgIpc) is 2.86. The van der Waals surface area contributed by atoms with E-state index in [1.165, 1.54) is 58.4 Å². The van der Waals surface area contributed by atoms with E-state index in [-0.39, 0.29) is 5.54 Å². The van der Waals surface area contributed by atoms with Gasteiger partial charge in [-0.3, -0.25) is 9.80 Å². The van der Waals surface area contributed by atoms with E-state index >= 15 is 0 Å². The van der Waals surface area contributed by atoms with Crippen LogP contribution in [0.3, 0.4) is 0 Å². The smallest absolute Gasteiger partial charge is 0.0360 e. The third-order valence-corrected chi connectivity index (χ3v) is 5.84. The number of hydrogen-bond donors (Lipinski definition) is 1. The van der Waals surface area contributed by atoms with Gasteiger partial charge in [-0.1, -0.05) is 0 Å². The maximum Gasteiger partial charge on any atom is 0.0360 e. The van der Waals surface area contributed by atoms with E-state index in [4.69, 9.17) is 5.73 Å². The molecule has 3 heterocycles. The summed E-state index contributed by atoms with van der Waals surface area (Å²) in [5, 5.41) is 0. The lowest BCUT2D eigenvalue weighted by molar-refractivity contribution is -0.0463. The van der Waals surface area contributed by atoms with Crippen molar-refractivity contribution in [2.24, 2.45) is 5.73 Å². The molecule has 2 atom stereocenters. The maximum absolute atomic E-state index is 6.24.